The van der Waals surface area contributed by atoms with E-state index in [9.17, 15) is 10.0 Å². The summed E-state index contributed by atoms with van der Waals surface area (Å²) >= 11 is 0. The maximum Gasteiger partial charge on any atom is 0.492 e. The molecule has 0 unspecified atom stereocenters. The molecule has 0 atom stereocenters. The minimum absolute atomic E-state index is 0.136. The van der Waals surface area contributed by atoms with Gasteiger partial charge in [-0.2, -0.15) is 15.3 Å². The molecule has 0 saturated carbocycles. The normalized spacial score (nSPS) is 11.2. The van der Waals surface area contributed by atoms with Crippen molar-refractivity contribution in [1.82, 2.24) is 20.0 Å². The van der Waals surface area contributed by atoms with E-state index in [2.05, 4.69) is 15.3 Å². The first-order chi connectivity index (χ1) is 13.9. The molecule has 0 bridgehead atoms. The first-order valence-electron chi connectivity index (χ1n) is 9.16. The van der Waals surface area contributed by atoms with Crippen molar-refractivity contribution in [1.29, 1.82) is 0 Å². The first-order valence-corrected chi connectivity index (χ1v) is 9.16. The highest BCUT2D eigenvalue weighted by atomic mass is 16.5. The standard InChI is InChI=1S/C20H20BN5O3/c1-12(2)29-20-10-19(26-7-3-6-24-26)15(9-16(20)21(27)28)13-4-5-14-17(22)11-23-25-18(14)8-13/h3-12,27-28H,1-2H3,(H2,22,25). The van der Waals surface area contributed by atoms with E-state index >= 15 is 0 Å². The second kappa shape index (κ2) is 7.54. The molecule has 2 heterocycles. The Morgan fingerprint density at radius 2 is 2.00 bits per heavy atom. The predicted octanol–water partition coefficient (Wildman–Crippen LogP) is 1.53. The van der Waals surface area contributed by atoms with Crippen LogP contribution in [0.2, 0.25) is 0 Å². The molecule has 0 aliphatic rings. The lowest BCUT2D eigenvalue weighted by molar-refractivity contribution is 0.243. The Morgan fingerprint density at radius 1 is 1.17 bits per heavy atom. The van der Waals surface area contributed by atoms with Crippen molar-refractivity contribution in [3.63, 3.8) is 0 Å². The lowest BCUT2D eigenvalue weighted by Gasteiger charge is -2.19. The van der Waals surface area contributed by atoms with Gasteiger partial charge in [-0.15, -0.1) is 0 Å². The number of ether oxygens (including phenoxy) is 1. The third kappa shape index (κ3) is 3.65. The predicted molar refractivity (Wildman–Crippen MR) is 112 cm³/mol. The maximum atomic E-state index is 9.93. The largest absolute Gasteiger partial charge is 0.492 e. The molecule has 4 aromatic rings. The van der Waals surface area contributed by atoms with Crippen molar-refractivity contribution in [2.75, 3.05) is 5.73 Å². The summed E-state index contributed by atoms with van der Waals surface area (Å²) in [5.74, 6) is 0.383. The molecular formula is C20H20BN5O3. The number of nitrogen functional groups attached to an aromatic ring is 1. The van der Waals surface area contributed by atoms with Crippen LogP contribution in [0.25, 0.3) is 27.7 Å². The lowest BCUT2D eigenvalue weighted by Crippen LogP contribution is -2.33. The third-order valence-electron chi connectivity index (χ3n) is 4.50. The van der Waals surface area contributed by atoms with Gasteiger partial charge >= 0.3 is 7.12 Å². The summed E-state index contributed by atoms with van der Waals surface area (Å²) in [5, 5.41) is 33.1. The fourth-order valence-electron chi connectivity index (χ4n) is 3.22. The van der Waals surface area contributed by atoms with Gasteiger partial charge in [-0.05, 0) is 43.7 Å². The highest BCUT2D eigenvalue weighted by Gasteiger charge is 2.23. The number of rotatable bonds is 5. The molecule has 0 aliphatic carbocycles. The Kier molecular flexibility index (Phi) is 4.91. The van der Waals surface area contributed by atoms with Crippen LogP contribution in [0.15, 0.2) is 55.0 Å². The highest BCUT2D eigenvalue weighted by molar-refractivity contribution is 6.60. The van der Waals surface area contributed by atoms with Gasteiger partial charge in [-0.1, -0.05) is 6.07 Å². The van der Waals surface area contributed by atoms with Gasteiger partial charge in [0.15, 0.2) is 0 Å². The number of anilines is 1. The topological polar surface area (TPSA) is 119 Å². The quantitative estimate of drug-likeness (QED) is 0.443. The summed E-state index contributed by atoms with van der Waals surface area (Å²) in [7, 11) is -1.69. The van der Waals surface area contributed by atoms with Crippen molar-refractivity contribution in [2.24, 2.45) is 0 Å². The fourth-order valence-corrected chi connectivity index (χ4v) is 3.22. The number of benzene rings is 2. The van der Waals surface area contributed by atoms with Crippen molar-refractivity contribution >= 4 is 29.2 Å². The van der Waals surface area contributed by atoms with E-state index < -0.39 is 7.12 Å². The smallest absolute Gasteiger partial charge is 0.491 e. The molecule has 8 nitrogen and oxygen atoms in total. The Morgan fingerprint density at radius 3 is 2.69 bits per heavy atom. The van der Waals surface area contributed by atoms with Gasteiger partial charge in [0.25, 0.3) is 0 Å². The zero-order valence-electron chi connectivity index (χ0n) is 16.0. The number of fused-ring (bicyclic) bond motifs is 1. The summed E-state index contributed by atoms with van der Waals surface area (Å²) < 4.78 is 7.52. The summed E-state index contributed by atoms with van der Waals surface area (Å²) in [6, 6.07) is 10.9. The average Bonchev–Trinajstić information content (AvgIpc) is 3.21. The molecule has 146 valence electrons. The lowest BCUT2D eigenvalue weighted by atomic mass is 9.77. The number of nitrogens with two attached hydrogens (primary N) is 1. The average molecular weight is 389 g/mol. The second-order valence-electron chi connectivity index (χ2n) is 6.93. The number of aromatic nitrogens is 4. The van der Waals surface area contributed by atoms with E-state index in [1.807, 2.05) is 44.3 Å². The van der Waals surface area contributed by atoms with Crippen LogP contribution in [0, 0.1) is 0 Å². The molecule has 0 spiro atoms. The van der Waals surface area contributed by atoms with Crippen LogP contribution in [0.1, 0.15) is 13.8 Å². The molecule has 4 rings (SSSR count). The highest BCUT2D eigenvalue weighted by Crippen LogP contribution is 2.32. The SMILES string of the molecule is CC(C)Oc1cc(-n2cccn2)c(-c2ccc3c(N)cnnc3c2)cc1B(O)O. The molecular weight excluding hydrogens is 369 g/mol. The van der Waals surface area contributed by atoms with Crippen LogP contribution < -0.4 is 15.9 Å². The summed E-state index contributed by atoms with van der Waals surface area (Å²) in [6.45, 7) is 3.75. The maximum absolute atomic E-state index is 9.93. The zero-order valence-corrected chi connectivity index (χ0v) is 16.0. The Labute approximate surface area is 167 Å². The van der Waals surface area contributed by atoms with Crippen molar-refractivity contribution < 1.29 is 14.8 Å². The van der Waals surface area contributed by atoms with Crippen LogP contribution >= 0.6 is 0 Å². The van der Waals surface area contributed by atoms with Gasteiger partial charge < -0.3 is 20.5 Å². The van der Waals surface area contributed by atoms with E-state index in [-0.39, 0.29) is 11.6 Å². The molecule has 29 heavy (non-hydrogen) atoms. The van der Waals surface area contributed by atoms with E-state index in [1.165, 1.54) is 6.20 Å². The van der Waals surface area contributed by atoms with Gasteiger partial charge in [-0.3, -0.25) is 0 Å². The monoisotopic (exact) mass is 389 g/mol. The van der Waals surface area contributed by atoms with Crippen molar-refractivity contribution in [3.8, 4) is 22.6 Å². The minimum Gasteiger partial charge on any atom is -0.491 e. The second-order valence-corrected chi connectivity index (χ2v) is 6.93. The van der Waals surface area contributed by atoms with Crippen LogP contribution in [-0.4, -0.2) is 43.2 Å². The Balaban J connectivity index is 1.97. The number of hydrogen-bond acceptors (Lipinski definition) is 7. The molecule has 2 aromatic heterocycles. The molecule has 0 aliphatic heterocycles. The Bertz CT molecular complexity index is 1160. The molecule has 0 saturated heterocycles. The van der Waals surface area contributed by atoms with Gasteiger partial charge in [0.1, 0.15) is 5.75 Å². The van der Waals surface area contributed by atoms with Gasteiger partial charge in [-0.25, -0.2) is 4.68 Å². The van der Waals surface area contributed by atoms with E-state index in [0.29, 0.717) is 17.0 Å². The van der Waals surface area contributed by atoms with Gasteiger partial charge in [0, 0.05) is 34.9 Å². The fraction of sp³-hybridized carbons (Fsp3) is 0.150. The van der Waals surface area contributed by atoms with Crippen molar-refractivity contribution in [2.45, 2.75) is 20.0 Å². The van der Waals surface area contributed by atoms with Crippen LogP contribution in [0.4, 0.5) is 5.69 Å². The first kappa shape index (κ1) is 18.9. The van der Waals surface area contributed by atoms with E-state index in [0.717, 1.165) is 22.2 Å². The van der Waals surface area contributed by atoms with Crippen molar-refractivity contribution in [3.05, 3.63) is 55.0 Å². The minimum atomic E-state index is -1.69. The van der Waals surface area contributed by atoms with E-state index in [4.69, 9.17) is 10.5 Å². The molecule has 2 aromatic carbocycles. The molecule has 9 heteroatoms. The zero-order chi connectivity index (χ0) is 20.5. The molecule has 0 fully saturated rings. The molecule has 0 amide bonds. The number of nitrogens with zero attached hydrogens (tertiary/aromatic N) is 4. The number of hydrogen-bond donors (Lipinski definition) is 3. The van der Waals surface area contributed by atoms with Crippen LogP contribution in [0.3, 0.4) is 0 Å². The summed E-state index contributed by atoms with van der Waals surface area (Å²) in [6.07, 6.45) is 4.86. The van der Waals surface area contributed by atoms with Crippen LogP contribution in [0.5, 0.6) is 5.75 Å². The summed E-state index contributed by atoms with van der Waals surface area (Å²) in [5.41, 5.74) is 9.70. The van der Waals surface area contributed by atoms with Gasteiger partial charge in [0.2, 0.25) is 0 Å². The Hall–Kier alpha value is -3.43. The van der Waals surface area contributed by atoms with Crippen LogP contribution in [-0.2, 0) is 0 Å². The van der Waals surface area contributed by atoms with E-state index in [1.54, 1.807) is 23.0 Å². The van der Waals surface area contributed by atoms with Gasteiger partial charge in [0.05, 0.1) is 29.2 Å². The molecule has 4 N–H and O–H groups in total. The molecule has 0 radical (unpaired) electrons. The third-order valence-corrected chi connectivity index (χ3v) is 4.50. The summed E-state index contributed by atoms with van der Waals surface area (Å²) in [4.78, 5) is 0.